The lowest BCUT2D eigenvalue weighted by atomic mass is 9.95. The van der Waals surface area contributed by atoms with Gasteiger partial charge in [0.15, 0.2) is 5.82 Å². The van der Waals surface area contributed by atoms with Gasteiger partial charge < -0.3 is 19.9 Å². The predicted octanol–water partition coefficient (Wildman–Crippen LogP) is 1.05. The van der Waals surface area contributed by atoms with Gasteiger partial charge in [-0.05, 0) is 26.7 Å². The van der Waals surface area contributed by atoms with Crippen LogP contribution in [-0.2, 0) is 9.53 Å². The molecule has 0 saturated carbocycles. The van der Waals surface area contributed by atoms with Gasteiger partial charge in [0.05, 0.1) is 25.1 Å². The molecule has 1 amide bonds. The first kappa shape index (κ1) is 17.0. The molecule has 0 unspecified atom stereocenters. The molecule has 132 valence electrons. The second-order valence-electron chi connectivity index (χ2n) is 6.76. The number of piperidine rings is 1. The van der Waals surface area contributed by atoms with E-state index in [1.54, 1.807) is 6.33 Å². The first-order chi connectivity index (χ1) is 11.6. The van der Waals surface area contributed by atoms with Gasteiger partial charge in [0.25, 0.3) is 0 Å². The van der Waals surface area contributed by atoms with Crippen LogP contribution in [-0.4, -0.2) is 61.3 Å². The largest absolute Gasteiger partial charge is 0.378 e. The lowest BCUT2D eigenvalue weighted by Gasteiger charge is -2.36. The summed E-state index contributed by atoms with van der Waals surface area (Å²) in [6, 6.07) is 0.200. The molecule has 24 heavy (non-hydrogen) atoms. The number of hydrogen-bond acceptors (Lipinski definition) is 6. The smallest absolute Gasteiger partial charge is 0.223 e. The second-order valence-corrected chi connectivity index (χ2v) is 6.76. The molecule has 2 saturated heterocycles. The molecular weight excluding hydrogens is 306 g/mol. The summed E-state index contributed by atoms with van der Waals surface area (Å²) in [5, 5.41) is 3.03. The zero-order valence-corrected chi connectivity index (χ0v) is 14.6. The topological polar surface area (TPSA) is 70.6 Å². The Morgan fingerprint density at radius 1 is 1.21 bits per heavy atom. The molecule has 2 aliphatic rings. The molecule has 0 spiro atoms. The van der Waals surface area contributed by atoms with Crippen molar-refractivity contribution < 1.29 is 9.53 Å². The number of carbonyl (C=O) groups is 1. The van der Waals surface area contributed by atoms with E-state index in [9.17, 15) is 4.79 Å². The summed E-state index contributed by atoms with van der Waals surface area (Å²) in [4.78, 5) is 25.5. The van der Waals surface area contributed by atoms with E-state index in [1.807, 2.05) is 20.0 Å². The molecule has 2 fully saturated rings. The van der Waals surface area contributed by atoms with Gasteiger partial charge in [0.2, 0.25) is 5.91 Å². The fraction of sp³-hybridized carbons (Fsp3) is 0.706. The predicted molar refractivity (Wildman–Crippen MR) is 93.3 cm³/mol. The van der Waals surface area contributed by atoms with Crippen molar-refractivity contribution in [1.29, 1.82) is 0 Å². The Hall–Kier alpha value is -1.89. The van der Waals surface area contributed by atoms with E-state index in [4.69, 9.17) is 4.74 Å². The second kappa shape index (κ2) is 7.79. The summed E-state index contributed by atoms with van der Waals surface area (Å²) in [7, 11) is 0. The minimum Gasteiger partial charge on any atom is -0.378 e. The lowest BCUT2D eigenvalue weighted by molar-refractivity contribution is -0.126. The number of hydrogen-bond donors (Lipinski definition) is 1. The Morgan fingerprint density at radius 2 is 1.92 bits per heavy atom. The van der Waals surface area contributed by atoms with Crippen molar-refractivity contribution in [3.05, 3.63) is 12.5 Å². The summed E-state index contributed by atoms with van der Waals surface area (Å²) in [6.45, 7) is 8.92. The molecule has 3 heterocycles. The van der Waals surface area contributed by atoms with Crippen LogP contribution in [0.4, 0.5) is 11.5 Å². The standard InChI is InChI=1S/C17H27N5O2/c1-13(2)20-17(23)14-3-5-21(6-4-14)15-11-18-12-19-16(15)22-7-9-24-10-8-22/h11-14H,3-10H2,1-2H3,(H,20,23). The number of morpholine rings is 1. The van der Waals surface area contributed by atoms with E-state index in [-0.39, 0.29) is 17.9 Å². The summed E-state index contributed by atoms with van der Waals surface area (Å²) >= 11 is 0. The van der Waals surface area contributed by atoms with E-state index in [1.165, 1.54) is 0 Å². The van der Waals surface area contributed by atoms with Crippen LogP contribution in [0.3, 0.4) is 0 Å². The first-order valence-electron chi connectivity index (χ1n) is 8.83. The van der Waals surface area contributed by atoms with Gasteiger partial charge >= 0.3 is 0 Å². The van der Waals surface area contributed by atoms with Crippen LogP contribution in [0.2, 0.25) is 0 Å². The molecule has 1 aromatic heterocycles. The van der Waals surface area contributed by atoms with Crippen LogP contribution in [0, 0.1) is 5.92 Å². The van der Waals surface area contributed by atoms with Crippen LogP contribution in [0.25, 0.3) is 0 Å². The SMILES string of the molecule is CC(C)NC(=O)C1CCN(c2cncnc2N2CCOCC2)CC1. The quantitative estimate of drug-likeness (QED) is 0.888. The Morgan fingerprint density at radius 3 is 2.58 bits per heavy atom. The van der Waals surface area contributed by atoms with Gasteiger partial charge in [-0.15, -0.1) is 0 Å². The third-order valence-electron chi connectivity index (χ3n) is 4.62. The van der Waals surface area contributed by atoms with Gasteiger partial charge in [-0.2, -0.15) is 0 Å². The third-order valence-corrected chi connectivity index (χ3v) is 4.62. The average molecular weight is 333 g/mol. The highest BCUT2D eigenvalue weighted by atomic mass is 16.5. The summed E-state index contributed by atoms with van der Waals surface area (Å²) < 4.78 is 5.44. The monoisotopic (exact) mass is 333 g/mol. The number of ether oxygens (including phenoxy) is 1. The summed E-state index contributed by atoms with van der Waals surface area (Å²) in [6.07, 6.45) is 5.25. The Kier molecular flexibility index (Phi) is 5.50. The molecule has 1 N–H and O–H groups in total. The van der Waals surface area contributed by atoms with Gasteiger partial charge in [-0.1, -0.05) is 0 Å². The van der Waals surface area contributed by atoms with Crippen LogP contribution >= 0.6 is 0 Å². The number of nitrogens with one attached hydrogen (secondary N) is 1. The van der Waals surface area contributed by atoms with E-state index >= 15 is 0 Å². The van der Waals surface area contributed by atoms with Crippen LogP contribution < -0.4 is 15.1 Å². The van der Waals surface area contributed by atoms with E-state index < -0.39 is 0 Å². The molecule has 0 aromatic carbocycles. The Labute approximate surface area is 143 Å². The number of carbonyl (C=O) groups excluding carboxylic acids is 1. The fourth-order valence-corrected chi connectivity index (χ4v) is 3.34. The number of rotatable bonds is 4. The number of nitrogens with zero attached hydrogens (tertiary/aromatic N) is 4. The minimum atomic E-state index is 0.111. The Bertz CT molecular complexity index is 552. The van der Waals surface area contributed by atoms with Crippen LogP contribution in [0.5, 0.6) is 0 Å². The van der Waals surface area contributed by atoms with Crippen molar-refractivity contribution in [3.63, 3.8) is 0 Å². The molecule has 7 heteroatoms. The third kappa shape index (κ3) is 3.95. The van der Waals surface area contributed by atoms with Crippen LogP contribution in [0.15, 0.2) is 12.5 Å². The van der Waals surface area contributed by atoms with Gasteiger partial charge in [-0.3, -0.25) is 4.79 Å². The molecule has 3 rings (SSSR count). The van der Waals surface area contributed by atoms with Gasteiger partial charge in [0.1, 0.15) is 6.33 Å². The maximum Gasteiger partial charge on any atom is 0.223 e. The molecule has 1 aromatic rings. The van der Waals surface area contributed by atoms with Gasteiger partial charge in [0, 0.05) is 38.1 Å². The highest BCUT2D eigenvalue weighted by Crippen LogP contribution is 2.30. The van der Waals surface area contributed by atoms with Crippen molar-refractivity contribution >= 4 is 17.4 Å². The lowest BCUT2D eigenvalue weighted by Crippen LogP contribution is -2.43. The Balaban J connectivity index is 1.65. The van der Waals surface area contributed by atoms with E-state index in [2.05, 4.69) is 25.1 Å². The average Bonchev–Trinajstić information content (AvgIpc) is 2.62. The molecule has 2 aliphatic heterocycles. The van der Waals surface area contributed by atoms with Crippen LogP contribution in [0.1, 0.15) is 26.7 Å². The number of anilines is 2. The highest BCUT2D eigenvalue weighted by Gasteiger charge is 2.28. The maximum atomic E-state index is 12.2. The minimum absolute atomic E-state index is 0.111. The summed E-state index contributed by atoms with van der Waals surface area (Å²) in [5.41, 5.74) is 1.07. The number of amides is 1. The molecule has 0 aliphatic carbocycles. The van der Waals surface area contributed by atoms with E-state index in [0.29, 0.717) is 0 Å². The van der Waals surface area contributed by atoms with E-state index in [0.717, 1.165) is 63.7 Å². The first-order valence-corrected chi connectivity index (χ1v) is 8.83. The molecule has 0 atom stereocenters. The zero-order valence-electron chi connectivity index (χ0n) is 14.6. The number of aromatic nitrogens is 2. The summed E-state index contributed by atoms with van der Waals surface area (Å²) in [5.74, 6) is 1.28. The van der Waals surface area contributed by atoms with Crippen molar-refractivity contribution in [3.8, 4) is 0 Å². The highest BCUT2D eigenvalue weighted by molar-refractivity contribution is 5.79. The maximum absolute atomic E-state index is 12.2. The molecular formula is C17H27N5O2. The van der Waals surface area contributed by atoms with Crippen molar-refractivity contribution in [2.75, 3.05) is 49.2 Å². The van der Waals surface area contributed by atoms with Crippen molar-refractivity contribution in [2.24, 2.45) is 5.92 Å². The molecule has 7 nitrogen and oxygen atoms in total. The molecule has 0 radical (unpaired) electrons. The van der Waals surface area contributed by atoms with Crippen molar-refractivity contribution in [1.82, 2.24) is 15.3 Å². The zero-order chi connectivity index (χ0) is 16.9. The normalized spacial score (nSPS) is 19.6. The van der Waals surface area contributed by atoms with Gasteiger partial charge in [-0.25, -0.2) is 9.97 Å². The molecule has 0 bridgehead atoms. The fourth-order valence-electron chi connectivity index (χ4n) is 3.34. The van der Waals surface area contributed by atoms with Crippen molar-refractivity contribution in [2.45, 2.75) is 32.7 Å².